The minimum Gasteiger partial charge on any atom is -0.507 e. The lowest BCUT2D eigenvalue weighted by Gasteiger charge is -2.26. The fourth-order valence-corrected chi connectivity index (χ4v) is 4.80. The third-order valence-electron chi connectivity index (χ3n) is 7.16. The van der Waals surface area contributed by atoms with E-state index >= 15 is 0 Å². The fraction of sp³-hybridized carbons (Fsp3) is 0.323. The van der Waals surface area contributed by atoms with Crippen LogP contribution in [-0.4, -0.2) is 81.4 Å². The lowest BCUT2D eigenvalue weighted by Crippen LogP contribution is -2.49. The average Bonchev–Trinajstić information content (AvgIpc) is 3.21. The SMILES string of the molecule is COc1cc(C(=O)N[C@@H]2CNCCC[C@H]2OC(=O)c2ccc(C(=O)c3c(O)ccc(N(C)C)c3F)cc2)cc(OC)c1O.Cl.Cl. The standard InChI is InChI=1S/C31H34FN3O8.2ClH/c1-35(2)21-11-12-22(36)26(27(21)32)28(37)17-7-9-18(10-8-17)31(40)43-23-6-5-13-33-16-20(23)34-30(39)19-14-24(41-3)29(38)25(15-19)42-4;;/h7-12,14-15,20,23,33,36,38H,5-6,13,16H2,1-4H3,(H,34,39);2*1H/t20-,23-;;/m1../s1. The molecule has 1 amide bonds. The maximum absolute atomic E-state index is 15.0. The molecule has 1 aliphatic heterocycles. The van der Waals surface area contributed by atoms with Gasteiger partial charge in [0.15, 0.2) is 23.1 Å². The summed E-state index contributed by atoms with van der Waals surface area (Å²) in [5, 5.41) is 26.5. The maximum Gasteiger partial charge on any atom is 0.338 e. The quantitative estimate of drug-likeness (QED) is 0.194. The molecule has 0 spiro atoms. The van der Waals surface area contributed by atoms with Gasteiger partial charge in [0.1, 0.15) is 17.4 Å². The van der Waals surface area contributed by atoms with E-state index < -0.39 is 46.9 Å². The Morgan fingerprint density at radius 1 is 0.933 bits per heavy atom. The number of methoxy groups -OCH3 is 2. The summed E-state index contributed by atoms with van der Waals surface area (Å²) in [6, 6.07) is 10.3. The van der Waals surface area contributed by atoms with Gasteiger partial charge < -0.3 is 40.0 Å². The Bertz CT molecular complexity index is 1500. The van der Waals surface area contributed by atoms with Crippen molar-refractivity contribution in [2.24, 2.45) is 0 Å². The second kappa shape index (κ2) is 16.2. The minimum absolute atomic E-state index is 0. The number of nitrogens with zero attached hydrogens (tertiary/aromatic N) is 1. The third kappa shape index (κ3) is 8.27. The van der Waals surface area contributed by atoms with E-state index in [2.05, 4.69) is 10.6 Å². The number of rotatable bonds is 9. The molecule has 1 aliphatic rings. The van der Waals surface area contributed by atoms with Gasteiger partial charge >= 0.3 is 5.97 Å². The molecule has 0 aliphatic carbocycles. The molecule has 45 heavy (non-hydrogen) atoms. The van der Waals surface area contributed by atoms with Crippen LogP contribution in [0.3, 0.4) is 0 Å². The van der Waals surface area contributed by atoms with Crippen molar-refractivity contribution < 1.29 is 43.2 Å². The Labute approximate surface area is 272 Å². The molecule has 14 heteroatoms. The molecule has 3 aromatic rings. The highest BCUT2D eigenvalue weighted by Gasteiger charge is 2.30. The molecule has 0 aromatic heterocycles. The van der Waals surface area contributed by atoms with Crippen LogP contribution in [0.1, 0.15) is 49.5 Å². The van der Waals surface area contributed by atoms with Crippen molar-refractivity contribution >= 4 is 48.2 Å². The molecular formula is C31H36Cl2FN3O8. The molecule has 3 aromatic carbocycles. The molecule has 1 saturated heterocycles. The van der Waals surface area contributed by atoms with Crippen LogP contribution < -0.4 is 25.0 Å². The van der Waals surface area contributed by atoms with Crippen LogP contribution in [0.15, 0.2) is 48.5 Å². The second-order valence-corrected chi connectivity index (χ2v) is 10.2. The van der Waals surface area contributed by atoms with Crippen LogP contribution >= 0.6 is 24.8 Å². The van der Waals surface area contributed by atoms with Crippen LogP contribution in [0.25, 0.3) is 0 Å². The van der Waals surface area contributed by atoms with Gasteiger partial charge in [0.05, 0.1) is 31.5 Å². The minimum atomic E-state index is -0.849. The van der Waals surface area contributed by atoms with E-state index in [4.69, 9.17) is 14.2 Å². The van der Waals surface area contributed by atoms with Gasteiger partial charge in [0.25, 0.3) is 5.91 Å². The second-order valence-electron chi connectivity index (χ2n) is 10.2. The van der Waals surface area contributed by atoms with Gasteiger partial charge in [-0.2, -0.15) is 0 Å². The van der Waals surface area contributed by atoms with Crippen molar-refractivity contribution in [3.63, 3.8) is 0 Å². The zero-order chi connectivity index (χ0) is 31.3. The van der Waals surface area contributed by atoms with Gasteiger partial charge in [-0.3, -0.25) is 9.59 Å². The zero-order valence-corrected chi connectivity index (χ0v) is 26.7. The molecule has 4 rings (SSSR count). The number of aromatic hydroxyl groups is 2. The van der Waals surface area contributed by atoms with Gasteiger partial charge in [-0.15, -0.1) is 24.8 Å². The first-order chi connectivity index (χ1) is 20.5. The summed E-state index contributed by atoms with van der Waals surface area (Å²) >= 11 is 0. The molecule has 0 bridgehead atoms. The maximum atomic E-state index is 15.0. The number of esters is 1. The summed E-state index contributed by atoms with van der Waals surface area (Å²) in [5.74, 6) is -3.33. The van der Waals surface area contributed by atoms with Crippen molar-refractivity contribution in [3.8, 4) is 23.0 Å². The summed E-state index contributed by atoms with van der Waals surface area (Å²) in [6.45, 7) is 1.00. The molecule has 2 atom stereocenters. The van der Waals surface area contributed by atoms with Crippen LogP contribution in [-0.2, 0) is 4.74 Å². The number of ketones is 1. The number of carbonyl (C=O) groups excluding carboxylic acids is 3. The number of hydrogen-bond donors (Lipinski definition) is 4. The van der Waals surface area contributed by atoms with E-state index in [-0.39, 0.29) is 64.4 Å². The van der Waals surface area contributed by atoms with E-state index in [1.165, 1.54) is 67.7 Å². The Morgan fingerprint density at radius 2 is 1.53 bits per heavy atom. The van der Waals surface area contributed by atoms with Crippen molar-refractivity contribution in [1.29, 1.82) is 0 Å². The van der Waals surface area contributed by atoms with Crippen molar-refractivity contribution in [2.45, 2.75) is 25.0 Å². The number of phenolic OH excluding ortho intramolecular Hbond substituents is 2. The van der Waals surface area contributed by atoms with Crippen LogP contribution in [0.5, 0.6) is 23.0 Å². The summed E-state index contributed by atoms with van der Waals surface area (Å²) in [7, 11) is 5.94. The Balaban J connectivity index is 0.00000353. The van der Waals surface area contributed by atoms with Gasteiger partial charge in [0, 0.05) is 31.8 Å². The average molecular weight is 669 g/mol. The molecular weight excluding hydrogens is 632 g/mol. The van der Waals surface area contributed by atoms with Crippen molar-refractivity contribution in [2.75, 3.05) is 46.3 Å². The summed E-state index contributed by atoms with van der Waals surface area (Å²) in [6.07, 6.45) is 0.497. The third-order valence-corrected chi connectivity index (χ3v) is 7.16. The summed E-state index contributed by atoms with van der Waals surface area (Å²) < 4.78 is 31.1. The Hall–Kier alpha value is -4.26. The molecule has 0 saturated carbocycles. The summed E-state index contributed by atoms with van der Waals surface area (Å²) in [5.41, 5.74) is 0.0861. The number of halogens is 3. The lowest BCUT2D eigenvalue weighted by atomic mass is 9.99. The number of anilines is 1. The Morgan fingerprint density at radius 3 is 2.11 bits per heavy atom. The first kappa shape index (κ1) is 36.9. The first-order valence-electron chi connectivity index (χ1n) is 13.6. The number of phenols is 2. The largest absolute Gasteiger partial charge is 0.507 e. The molecule has 4 N–H and O–H groups in total. The zero-order valence-electron chi connectivity index (χ0n) is 25.1. The molecule has 1 heterocycles. The Kier molecular flexibility index (Phi) is 13.3. The van der Waals surface area contributed by atoms with Gasteiger partial charge in [-0.1, -0.05) is 12.1 Å². The highest BCUT2D eigenvalue weighted by atomic mass is 35.5. The molecule has 244 valence electrons. The van der Waals surface area contributed by atoms with Crippen molar-refractivity contribution in [3.05, 3.63) is 76.6 Å². The number of carbonyl (C=O) groups is 3. The number of ether oxygens (including phenoxy) is 3. The predicted octanol–water partition coefficient (Wildman–Crippen LogP) is 4.10. The normalized spacial score (nSPS) is 15.8. The topological polar surface area (TPSA) is 147 Å². The lowest BCUT2D eigenvalue weighted by molar-refractivity contribution is 0.0192. The number of nitrogens with one attached hydrogen (secondary N) is 2. The highest BCUT2D eigenvalue weighted by Crippen LogP contribution is 2.37. The molecule has 0 radical (unpaired) electrons. The number of hydrogen-bond acceptors (Lipinski definition) is 10. The molecule has 11 nitrogen and oxygen atoms in total. The van der Waals surface area contributed by atoms with Gasteiger partial charge in [-0.05, 0) is 55.8 Å². The van der Waals surface area contributed by atoms with Crippen LogP contribution in [0.4, 0.5) is 10.1 Å². The fourth-order valence-electron chi connectivity index (χ4n) is 4.80. The first-order valence-corrected chi connectivity index (χ1v) is 13.6. The molecule has 0 unspecified atom stereocenters. The van der Waals surface area contributed by atoms with E-state index in [1.54, 1.807) is 14.1 Å². The predicted molar refractivity (Wildman–Crippen MR) is 171 cm³/mol. The van der Waals surface area contributed by atoms with Gasteiger partial charge in [-0.25, -0.2) is 9.18 Å². The highest BCUT2D eigenvalue weighted by molar-refractivity contribution is 6.11. The van der Waals surface area contributed by atoms with Crippen LogP contribution in [0, 0.1) is 5.82 Å². The van der Waals surface area contributed by atoms with E-state index in [0.717, 1.165) is 0 Å². The molecule has 1 fully saturated rings. The van der Waals surface area contributed by atoms with Gasteiger partial charge in [0.2, 0.25) is 5.75 Å². The smallest absolute Gasteiger partial charge is 0.338 e. The van der Waals surface area contributed by atoms with E-state index in [0.29, 0.717) is 25.9 Å². The number of benzene rings is 3. The number of amides is 1. The van der Waals surface area contributed by atoms with Crippen LogP contribution in [0.2, 0.25) is 0 Å². The van der Waals surface area contributed by atoms with Crippen molar-refractivity contribution in [1.82, 2.24) is 10.6 Å². The van der Waals surface area contributed by atoms with E-state index in [9.17, 15) is 29.0 Å². The van der Waals surface area contributed by atoms with E-state index in [1.807, 2.05) is 0 Å². The summed E-state index contributed by atoms with van der Waals surface area (Å²) in [4.78, 5) is 40.8. The monoisotopic (exact) mass is 667 g/mol.